The summed E-state index contributed by atoms with van der Waals surface area (Å²) in [6.07, 6.45) is 0. The van der Waals surface area contributed by atoms with Gasteiger partial charge in [-0.25, -0.2) is 17.9 Å². The van der Waals surface area contributed by atoms with Crippen molar-refractivity contribution in [2.75, 3.05) is 21.3 Å². The lowest BCUT2D eigenvalue weighted by Gasteiger charge is -2.18. The molecule has 0 aliphatic heterocycles. The first-order valence-corrected chi connectivity index (χ1v) is 9.65. The van der Waals surface area contributed by atoms with E-state index in [1.165, 1.54) is 33.5 Å². The van der Waals surface area contributed by atoms with Crippen LogP contribution in [0.25, 0.3) is 0 Å². The molecular formula is C19H23NO6S. The number of esters is 1. The van der Waals surface area contributed by atoms with E-state index >= 15 is 0 Å². The highest BCUT2D eigenvalue weighted by atomic mass is 32.2. The first-order chi connectivity index (χ1) is 12.7. The largest absolute Gasteiger partial charge is 0.497 e. The molecule has 0 unspecified atom stereocenters. The Morgan fingerprint density at radius 2 is 1.74 bits per heavy atom. The average molecular weight is 393 g/mol. The average Bonchev–Trinajstić information content (AvgIpc) is 2.66. The Bertz CT molecular complexity index is 939. The first kappa shape index (κ1) is 20.7. The van der Waals surface area contributed by atoms with Gasteiger partial charge < -0.3 is 14.2 Å². The number of carbonyl (C=O) groups excluding carboxylic acids is 1. The second kappa shape index (κ2) is 8.41. The summed E-state index contributed by atoms with van der Waals surface area (Å²) in [5.41, 5.74) is 1.45. The van der Waals surface area contributed by atoms with Crippen LogP contribution in [0.3, 0.4) is 0 Å². The number of ether oxygens (including phenoxy) is 3. The fourth-order valence-corrected chi connectivity index (χ4v) is 3.89. The third-order valence-electron chi connectivity index (χ3n) is 4.16. The minimum absolute atomic E-state index is 0.0257. The summed E-state index contributed by atoms with van der Waals surface area (Å²) in [5, 5.41) is 0. The molecule has 0 heterocycles. The molecule has 0 bridgehead atoms. The van der Waals surface area contributed by atoms with E-state index in [1.807, 2.05) is 0 Å². The van der Waals surface area contributed by atoms with E-state index in [0.717, 1.165) is 0 Å². The Balaban J connectivity index is 2.38. The number of rotatable bonds is 7. The maximum absolute atomic E-state index is 12.8. The highest BCUT2D eigenvalue weighted by Gasteiger charge is 2.23. The van der Waals surface area contributed by atoms with Crippen LogP contribution in [0, 0.1) is 6.92 Å². The van der Waals surface area contributed by atoms with Crippen molar-refractivity contribution in [2.45, 2.75) is 24.8 Å². The van der Waals surface area contributed by atoms with Crippen molar-refractivity contribution in [1.29, 1.82) is 0 Å². The zero-order valence-electron chi connectivity index (χ0n) is 15.9. The van der Waals surface area contributed by atoms with Crippen molar-refractivity contribution in [1.82, 2.24) is 4.72 Å². The predicted molar refractivity (Wildman–Crippen MR) is 101 cm³/mol. The number of aryl methyl sites for hydroxylation is 1. The minimum atomic E-state index is -3.89. The summed E-state index contributed by atoms with van der Waals surface area (Å²) in [6, 6.07) is 8.87. The third-order valence-corrected chi connectivity index (χ3v) is 5.70. The van der Waals surface area contributed by atoms with E-state index in [2.05, 4.69) is 4.72 Å². The van der Waals surface area contributed by atoms with Crippen molar-refractivity contribution in [3.63, 3.8) is 0 Å². The molecule has 0 aliphatic rings. The van der Waals surface area contributed by atoms with Gasteiger partial charge in [-0.3, -0.25) is 0 Å². The molecule has 2 rings (SSSR count). The standard InChI is InChI=1S/C19H23NO6S/c1-12-6-8-15(11-16(12)19(21)26-5)27(22,23)20-13(2)17-10-14(24-3)7-9-18(17)25-4/h6-11,13,20H,1-5H3/t13-/m0/s1. The van der Waals surface area contributed by atoms with E-state index in [4.69, 9.17) is 14.2 Å². The number of hydrogen-bond acceptors (Lipinski definition) is 6. The van der Waals surface area contributed by atoms with Crippen LogP contribution < -0.4 is 14.2 Å². The maximum Gasteiger partial charge on any atom is 0.338 e. The molecule has 0 spiro atoms. The number of carbonyl (C=O) groups is 1. The summed E-state index contributed by atoms with van der Waals surface area (Å²) in [4.78, 5) is 11.8. The van der Waals surface area contributed by atoms with Gasteiger partial charge in [0.1, 0.15) is 11.5 Å². The molecule has 0 aromatic heterocycles. The highest BCUT2D eigenvalue weighted by molar-refractivity contribution is 7.89. The van der Waals surface area contributed by atoms with Crippen LogP contribution in [-0.2, 0) is 14.8 Å². The van der Waals surface area contributed by atoms with Crippen molar-refractivity contribution in [3.8, 4) is 11.5 Å². The van der Waals surface area contributed by atoms with Gasteiger partial charge in [-0.05, 0) is 49.7 Å². The summed E-state index contributed by atoms with van der Waals surface area (Å²) in [6.45, 7) is 3.41. The fraction of sp³-hybridized carbons (Fsp3) is 0.316. The van der Waals surface area contributed by atoms with Gasteiger partial charge in [0, 0.05) is 11.6 Å². The van der Waals surface area contributed by atoms with E-state index in [-0.39, 0.29) is 10.5 Å². The normalized spacial score (nSPS) is 12.3. The Kier molecular flexibility index (Phi) is 6.45. The highest BCUT2D eigenvalue weighted by Crippen LogP contribution is 2.30. The second-order valence-electron chi connectivity index (χ2n) is 5.92. The molecule has 0 saturated carbocycles. The van der Waals surface area contributed by atoms with Crippen LogP contribution in [-0.4, -0.2) is 35.7 Å². The van der Waals surface area contributed by atoms with Crippen LogP contribution >= 0.6 is 0 Å². The zero-order valence-corrected chi connectivity index (χ0v) is 16.7. The molecule has 2 aromatic carbocycles. The quantitative estimate of drug-likeness (QED) is 0.728. The van der Waals surface area contributed by atoms with E-state index in [1.54, 1.807) is 38.1 Å². The number of sulfonamides is 1. The Labute approximate surface area is 159 Å². The Hall–Kier alpha value is -2.58. The molecule has 27 heavy (non-hydrogen) atoms. The lowest BCUT2D eigenvalue weighted by atomic mass is 10.1. The zero-order chi connectivity index (χ0) is 20.2. The van der Waals surface area contributed by atoms with Crippen LogP contribution in [0.4, 0.5) is 0 Å². The molecule has 7 nitrogen and oxygen atoms in total. The van der Waals surface area contributed by atoms with Gasteiger partial charge in [-0.15, -0.1) is 0 Å². The van der Waals surface area contributed by atoms with E-state index < -0.39 is 22.0 Å². The summed E-state index contributed by atoms with van der Waals surface area (Å²) in [5.74, 6) is 0.525. The number of hydrogen-bond donors (Lipinski definition) is 1. The van der Waals surface area contributed by atoms with Crippen LogP contribution in [0.1, 0.15) is 34.5 Å². The van der Waals surface area contributed by atoms with Crippen molar-refractivity contribution in [2.24, 2.45) is 0 Å². The molecule has 0 fully saturated rings. The lowest BCUT2D eigenvalue weighted by molar-refractivity contribution is 0.0599. The summed E-state index contributed by atoms with van der Waals surface area (Å²) < 4.78 is 43.4. The van der Waals surface area contributed by atoms with Crippen molar-refractivity contribution >= 4 is 16.0 Å². The van der Waals surface area contributed by atoms with Crippen molar-refractivity contribution < 1.29 is 27.4 Å². The predicted octanol–water partition coefficient (Wildman–Crippen LogP) is 2.84. The van der Waals surface area contributed by atoms with E-state index in [9.17, 15) is 13.2 Å². The molecule has 1 N–H and O–H groups in total. The molecule has 0 radical (unpaired) electrons. The maximum atomic E-state index is 12.8. The molecular weight excluding hydrogens is 370 g/mol. The van der Waals surface area contributed by atoms with E-state index in [0.29, 0.717) is 22.6 Å². The fourth-order valence-electron chi connectivity index (χ4n) is 2.64. The SMILES string of the molecule is COC(=O)c1cc(S(=O)(=O)N[C@@H](C)c2cc(OC)ccc2OC)ccc1C. The Morgan fingerprint density at radius 3 is 2.33 bits per heavy atom. The molecule has 2 aromatic rings. The Morgan fingerprint density at radius 1 is 1.04 bits per heavy atom. The van der Waals surface area contributed by atoms with Gasteiger partial charge in [0.15, 0.2) is 0 Å². The van der Waals surface area contributed by atoms with Crippen LogP contribution in [0.5, 0.6) is 11.5 Å². The third kappa shape index (κ3) is 4.58. The van der Waals surface area contributed by atoms with Crippen molar-refractivity contribution in [3.05, 3.63) is 53.1 Å². The minimum Gasteiger partial charge on any atom is -0.497 e. The molecule has 0 aliphatic carbocycles. The van der Waals surface area contributed by atoms with Gasteiger partial charge in [-0.2, -0.15) is 0 Å². The van der Waals surface area contributed by atoms with Gasteiger partial charge in [0.05, 0.1) is 31.8 Å². The number of benzene rings is 2. The number of nitrogens with one attached hydrogen (secondary N) is 1. The topological polar surface area (TPSA) is 90.9 Å². The van der Waals surface area contributed by atoms with Gasteiger partial charge in [-0.1, -0.05) is 6.07 Å². The summed E-state index contributed by atoms with van der Waals surface area (Å²) in [7, 11) is 0.399. The van der Waals surface area contributed by atoms with Gasteiger partial charge in [0.25, 0.3) is 0 Å². The number of methoxy groups -OCH3 is 3. The van der Waals surface area contributed by atoms with Crippen LogP contribution in [0.15, 0.2) is 41.3 Å². The smallest absolute Gasteiger partial charge is 0.338 e. The second-order valence-corrected chi connectivity index (χ2v) is 7.63. The molecule has 1 atom stereocenters. The molecule has 8 heteroatoms. The lowest BCUT2D eigenvalue weighted by Crippen LogP contribution is -2.27. The summed E-state index contributed by atoms with van der Waals surface area (Å²) >= 11 is 0. The molecule has 146 valence electrons. The van der Waals surface area contributed by atoms with Gasteiger partial charge >= 0.3 is 5.97 Å². The van der Waals surface area contributed by atoms with Gasteiger partial charge in [0.2, 0.25) is 10.0 Å². The molecule has 0 amide bonds. The van der Waals surface area contributed by atoms with Crippen LogP contribution in [0.2, 0.25) is 0 Å². The first-order valence-electron chi connectivity index (χ1n) is 8.16. The monoisotopic (exact) mass is 393 g/mol. The molecule has 0 saturated heterocycles.